The second-order valence-electron chi connectivity index (χ2n) is 7.53. The van der Waals surface area contributed by atoms with Gasteiger partial charge in [-0.15, -0.1) is 0 Å². The van der Waals surface area contributed by atoms with E-state index in [0.717, 1.165) is 25.3 Å². The monoisotopic (exact) mass is 414 g/mol. The fraction of sp³-hybridized carbons (Fsp3) is 0.636. The molecule has 0 aliphatic carbocycles. The molecule has 0 heterocycles. The van der Waals surface area contributed by atoms with Crippen LogP contribution in [0.25, 0.3) is 0 Å². The third kappa shape index (κ3) is 8.17. The van der Waals surface area contributed by atoms with Crippen molar-refractivity contribution in [2.45, 2.75) is 78.6 Å². The lowest BCUT2D eigenvalue weighted by molar-refractivity contribution is -0.164. The molecule has 0 saturated carbocycles. The van der Waals surface area contributed by atoms with Gasteiger partial charge in [0.1, 0.15) is 0 Å². The Bertz CT molecular complexity index is 611. The number of para-hydroxylation sites is 1. The smallest absolute Gasteiger partial charge is 0.328 e. The summed E-state index contributed by atoms with van der Waals surface area (Å²) in [5.41, 5.74) is -1.55. The van der Waals surface area contributed by atoms with Gasteiger partial charge in [0.15, 0.2) is 17.0 Å². The summed E-state index contributed by atoms with van der Waals surface area (Å²) < 4.78 is 24.0. The van der Waals surface area contributed by atoms with Crippen LogP contribution < -0.4 is 4.74 Å². The van der Waals surface area contributed by atoms with Crippen LogP contribution in [0.5, 0.6) is 5.75 Å². The summed E-state index contributed by atoms with van der Waals surface area (Å²) in [6.07, 6.45) is 10.4. The maximum Gasteiger partial charge on any atom is 0.328 e. The Hall–Kier alpha value is -1.62. The van der Waals surface area contributed by atoms with Gasteiger partial charge in [0.05, 0.1) is 11.6 Å². The second-order valence-corrected chi connectivity index (χ2v) is 7.94. The van der Waals surface area contributed by atoms with Crippen molar-refractivity contribution < 1.29 is 23.5 Å². The first-order chi connectivity index (χ1) is 13.3. The number of ether oxygens (including phenoxy) is 2. The van der Waals surface area contributed by atoms with Crippen molar-refractivity contribution >= 4 is 23.5 Å². The van der Waals surface area contributed by atoms with E-state index in [2.05, 4.69) is 6.92 Å². The fourth-order valence-electron chi connectivity index (χ4n) is 2.64. The van der Waals surface area contributed by atoms with Gasteiger partial charge < -0.3 is 9.47 Å². The van der Waals surface area contributed by atoms with Crippen molar-refractivity contribution in [3.05, 3.63) is 29.0 Å². The quantitative estimate of drug-likeness (QED) is 0.160. The van der Waals surface area contributed by atoms with Crippen molar-refractivity contribution in [2.24, 2.45) is 5.41 Å². The third-order valence-electron chi connectivity index (χ3n) is 4.62. The highest BCUT2D eigenvalue weighted by molar-refractivity contribution is 6.32. The molecule has 0 aliphatic rings. The molecule has 28 heavy (non-hydrogen) atoms. The van der Waals surface area contributed by atoms with E-state index in [1.54, 1.807) is 0 Å². The number of hydrogen-bond donors (Lipinski definition) is 0. The Morgan fingerprint density at radius 3 is 2.11 bits per heavy atom. The van der Waals surface area contributed by atoms with E-state index < -0.39 is 23.2 Å². The van der Waals surface area contributed by atoms with Gasteiger partial charge in [-0.1, -0.05) is 76.0 Å². The van der Waals surface area contributed by atoms with Crippen LogP contribution in [0.2, 0.25) is 5.02 Å². The standard InChI is InChI=1S/C22H32ClFO4/c1-4-5-6-7-8-9-10-11-12-16-27-20(25)22(2,3)21(26)28-19-17(23)14-13-15-18(19)24/h13-15H,4-12,16H2,1-3H3. The molecule has 0 saturated heterocycles. The minimum atomic E-state index is -1.55. The van der Waals surface area contributed by atoms with Crippen molar-refractivity contribution in [2.75, 3.05) is 6.61 Å². The van der Waals surface area contributed by atoms with E-state index in [0.29, 0.717) is 0 Å². The first-order valence-corrected chi connectivity index (χ1v) is 10.5. The Morgan fingerprint density at radius 2 is 1.54 bits per heavy atom. The summed E-state index contributed by atoms with van der Waals surface area (Å²) in [7, 11) is 0. The molecule has 0 atom stereocenters. The number of rotatable bonds is 13. The molecule has 1 aromatic carbocycles. The van der Waals surface area contributed by atoms with Crippen LogP contribution >= 0.6 is 11.6 Å². The Balaban J connectivity index is 2.31. The maximum absolute atomic E-state index is 13.8. The number of carbonyl (C=O) groups excluding carboxylic acids is 2. The topological polar surface area (TPSA) is 52.6 Å². The van der Waals surface area contributed by atoms with Crippen molar-refractivity contribution in [3.63, 3.8) is 0 Å². The summed E-state index contributed by atoms with van der Waals surface area (Å²) >= 11 is 5.85. The predicted molar refractivity (Wildman–Crippen MR) is 109 cm³/mol. The summed E-state index contributed by atoms with van der Waals surface area (Å²) in [4.78, 5) is 24.6. The number of hydrogen-bond acceptors (Lipinski definition) is 4. The van der Waals surface area contributed by atoms with Crippen molar-refractivity contribution in [1.29, 1.82) is 0 Å². The predicted octanol–water partition coefficient (Wildman–Crippen LogP) is 6.48. The highest BCUT2D eigenvalue weighted by atomic mass is 35.5. The molecule has 0 spiro atoms. The van der Waals surface area contributed by atoms with E-state index >= 15 is 0 Å². The second kappa shape index (κ2) is 12.8. The van der Waals surface area contributed by atoms with Crippen LogP contribution in [0, 0.1) is 11.2 Å². The summed E-state index contributed by atoms with van der Waals surface area (Å²) in [5, 5.41) is -0.0350. The molecule has 1 rings (SSSR count). The van der Waals surface area contributed by atoms with E-state index in [-0.39, 0.29) is 17.4 Å². The minimum absolute atomic E-state index is 0.0350. The molecule has 0 amide bonds. The molecule has 4 nitrogen and oxygen atoms in total. The molecule has 0 fully saturated rings. The van der Waals surface area contributed by atoms with Crippen LogP contribution in [-0.4, -0.2) is 18.5 Å². The Kier molecular flexibility index (Phi) is 11.1. The van der Waals surface area contributed by atoms with Crippen LogP contribution in [0.4, 0.5) is 4.39 Å². The van der Waals surface area contributed by atoms with E-state index in [9.17, 15) is 14.0 Å². The average Bonchev–Trinajstić information content (AvgIpc) is 2.65. The van der Waals surface area contributed by atoms with Crippen molar-refractivity contribution in [1.82, 2.24) is 0 Å². The SMILES string of the molecule is CCCCCCCCCCCOC(=O)C(C)(C)C(=O)Oc1c(F)cccc1Cl. The van der Waals surface area contributed by atoms with Crippen LogP contribution in [0.1, 0.15) is 78.6 Å². The Labute approximate surface area is 172 Å². The van der Waals surface area contributed by atoms with E-state index in [1.165, 1.54) is 64.5 Å². The summed E-state index contributed by atoms with van der Waals surface area (Å²) in [5.74, 6) is -2.74. The van der Waals surface area contributed by atoms with Crippen LogP contribution in [0.15, 0.2) is 18.2 Å². The lowest BCUT2D eigenvalue weighted by atomic mass is 9.94. The molecule has 0 unspecified atom stereocenters. The first-order valence-electron chi connectivity index (χ1n) is 10.1. The number of benzene rings is 1. The molecule has 158 valence electrons. The van der Waals surface area contributed by atoms with E-state index in [1.807, 2.05) is 0 Å². The van der Waals surface area contributed by atoms with Gasteiger partial charge in [-0.2, -0.15) is 0 Å². The molecular weight excluding hydrogens is 383 g/mol. The molecule has 0 radical (unpaired) electrons. The van der Waals surface area contributed by atoms with Gasteiger partial charge in [-0.25, -0.2) is 4.39 Å². The lowest BCUT2D eigenvalue weighted by Gasteiger charge is -2.21. The van der Waals surface area contributed by atoms with Crippen LogP contribution in [0.3, 0.4) is 0 Å². The van der Waals surface area contributed by atoms with Crippen molar-refractivity contribution in [3.8, 4) is 5.75 Å². The zero-order valence-electron chi connectivity index (χ0n) is 17.2. The summed E-state index contributed by atoms with van der Waals surface area (Å²) in [6, 6.07) is 3.94. The molecule has 0 aromatic heterocycles. The van der Waals surface area contributed by atoms with Gasteiger partial charge in [0.2, 0.25) is 0 Å². The number of esters is 2. The largest absolute Gasteiger partial charge is 0.465 e. The Morgan fingerprint density at radius 1 is 0.964 bits per heavy atom. The lowest BCUT2D eigenvalue weighted by Crippen LogP contribution is -2.38. The maximum atomic E-state index is 13.8. The normalized spacial score (nSPS) is 11.3. The van der Waals surface area contributed by atoms with E-state index in [4.69, 9.17) is 21.1 Å². The molecule has 0 aliphatic heterocycles. The van der Waals surface area contributed by atoms with Gasteiger partial charge in [-0.3, -0.25) is 9.59 Å². The number of halogens is 2. The molecule has 6 heteroatoms. The number of carbonyl (C=O) groups is 2. The van der Waals surface area contributed by atoms with Gasteiger partial charge in [-0.05, 0) is 32.4 Å². The summed E-state index contributed by atoms with van der Waals surface area (Å²) in [6.45, 7) is 5.24. The highest BCUT2D eigenvalue weighted by Gasteiger charge is 2.40. The average molecular weight is 415 g/mol. The minimum Gasteiger partial charge on any atom is -0.465 e. The fourth-order valence-corrected chi connectivity index (χ4v) is 2.84. The zero-order valence-corrected chi connectivity index (χ0v) is 17.9. The zero-order chi connectivity index (χ0) is 21.0. The highest BCUT2D eigenvalue weighted by Crippen LogP contribution is 2.30. The van der Waals surface area contributed by atoms with Gasteiger partial charge in [0, 0.05) is 0 Å². The van der Waals surface area contributed by atoms with Gasteiger partial charge in [0.25, 0.3) is 0 Å². The van der Waals surface area contributed by atoms with Crippen LogP contribution in [-0.2, 0) is 14.3 Å². The molecule has 1 aromatic rings. The molecule has 0 N–H and O–H groups in total. The number of unbranched alkanes of at least 4 members (excludes halogenated alkanes) is 8. The molecular formula is C22H32ClFO4. The third-order valence-corrected chi connectivity index (χ3v) is 4.91. The first kappa shape index (κ1) is 24.4. The van der Waals surface area contributed by atoms with Gasteiger partial charge >= 0.3 is 11.9 Å². The molecule has 0 bridgehead atoms.